The average molecular weight is 570 g/mol. The summed E-state index contributed by atoms with van der Waals surface area (Å²) in [5.41, 5.74) is 4.73. The number of benzene rings is 1. The number of nitrogens with zero attached hydrogens (tertiary/aromatic N) is 2. The molecule has 2 fully saturated rings. The number of alkyl halides is 1. The van der Waals surface area contributed by atoms with E-state index in [0.717, 1.165) is 84.6 Å². The van der Waals surface area contributed by atoms with Crippen molar-refractivity contribution in [2.45, 2.75) is 83.2 Å². The lowest BCUT2D eigenvalue weighted by Gasteiger charge is -2.27. The van der Waals surface area contributed by atoms with Crippen LogP contribution in [-0.2, 0) is 33.7 Å². The first-order chi connectivity index (χ1) is 19.9. The highest BCUT2D eigenvalue weighted by Crippen LogP contribution is 2.35. The molecular formula is C32H44FN3O5. The summed E-state index contributed by atoms with van der Waals surface area (Å²) in [4.78, 5) is 19.3. The van der Waals surface area contributed by atoms with Crippen LogP contribution in [0.25, 0.3) is 0 Å². The van der Waals surface area contributed by atoms with E-state index in [2.05, 4.69) is 5.32 Å². The Balaban J connectivity index is 1.15. The van der Waals surface area contributed by atoms with Crippen LogP contribution in [0.5, 0.6) is 5.75 Å². The zero-order valence-electron chi connectivity index (χ0n) is 24.4. The van der Waals surface area contributed by atoms with Gasteiger partial charge in [-0.1, -0.05) is 30.2 Å². The van der Waals surface area contributed by atoms with Crippen molar-refractivity contribution in [3.63, 3.8) is 0 Å². The second kappa shape index (κ2) is 13.9. The molecule has 0 saturated carbocycles. The van der Waals surface area contributed by atoms with Gasteiger partial charge in [-0.05, 0) is 69.5 Å². The number of carboxylic acid groups (broad SMARTS) is 1. The van der Waals surface area contributed by atoms with Gasteiger partial charge in [0.2, 0.25) is 0 Å². The minimum Gasteiger partial charge on any atom is -0.496 e. The molecule has 41 heavy (non-hydrogen) atoms. The summed E-state index contributed by atoms with van der Waals surface area (Å²) in [6.07, 6.45) is 5.51. The summed E-state index contributed by atoms with van der Waals surface area (Å²) in [6, 6.07) is 7.10. The number of nitrogens with one attached hydrogen (secondary N) is 1. The van der Waals surface area contributed by atoms with Gasteiger partial charge in [-0.3, -0.25) is 9.69 Å². The molecule has 0 amide bonds. The van der Waals surface area contributed by atoms with Gasteiger partial charge in [0, 0.05) is 42.9 Å². The lowest BCUT2D eigenvalue weighted by atomic mass is 9.96. The van der Waals surface area contributed by atoms with Crippen molar-refractivity contribution in [3.8, 4) is 5.75 Å². The molecule has 0 radical (unpaired) electrons. The first-order valence-corrected chi connectivity index (χ1v) is 15.1. The number of rotatable bonds is 13. The van der Waals surface area contributed by atoms with Crippen molar-refractivity contribution < 1.29 is 28.5 Å². The molecule has 1 aromatic heterocycles. The molecule has 0 spiro atoms. The average Bonchev–Trinajstić information content (AvgIpc) is 3.67. The molecule has 2 N–H and O–H groups in total. The Morgan fingerprint density at radius 1 is 1.29 bits per heavy atom. The number of aryl methyl sites for hydroxylation is 2. The number of pyridine rings is 1. The molecule has 8 nitrogen and oxygen atoms in total. The summed E-state index contributed by atoms with van der Waals surface area (Å²) in [6.45, 7) is 5.51. The summed E-state index contributed by atoms with van der Waals surface area (Å²) < 4.78 is 32.4. The van der Waals surface area contributed by atoms with Crippen LogP contribution in [0, 0.1) is 12.8 Å². The minimum atomic E-state index is -0.954. The third-order valence-corrected chi connectivity index (χ3v) is 8.74. The van der Waals surface area contributed by atoms with Gasteiger partial charge in [0.25, 0.3) is 0 Å². The smallest absolute Gasteiger partial charge is 0.325 e. The second-order valence-corrected chi connectivity index (χ2v) is 11.7. The molecule has 0 bridgehead atoms. The van der Waals surface area contributed by atoms with Gasteiger partial charge in [0.05, 0.1) is 26.4 Å². The number of anilines is 1. The number of aliphatic carboxylic acids is 1. The lowest BCUT2D eigenvalue weighted by molar-refractivity contribution is -0.143. The van der Waals surface area contributed by atoms with Crippen molar-refractivity contribution in [1.29, 1.82) is 0 Å². The Morgan fingerprint density at radius 2 is 2.17 bits per heavy atom. The van der Waals surface area contributed by atoms with Crippen LogP contribution in [0.3, 0.4) is 0 Å². The molecule has 3 unspecified atom stereocenters. The van der Waals surface area contributed by atoms with E-state index in [1.807, 2.05) is 36.1 Å². The summed E-state index contributed by atoms with van der Waals surface area (Å²) >= 11 is 0. The van der Waals surface area contributed by atoms with E-state index in [1.54, 1.807) is 7.11 Å². The number of hydrogen-bond acceptors (Lipinski definition) is 7. The second-order valence-electron chi connectivity index (χ2n) is 11.7. The van der Waals surface area contributed by atoms with E-state index >= 15 is 4.39 Å². The Morgan fingerprint density at radius 3 is 2.95 bits per heavy atom. The van der Waals surface area contributed by atoms with Gasteiger partial charge in [-0.15, -0.1) is 0 Å². The molecular weight excluding hydrogens is 525 g/mol. The fourth-order valence-electron chi connectivity index (χ4n) is 6.43. The van der Waals surface area contributed by atoms with E-state index in [4.69, 9.17) is 19.2 Å². The Hall–Kier alpha value is -2.75. The van der Waals surface area contributed by atoms with Crippen LogP contribution in [0.2, 0.25) is 0 Å². The molecule has 2 saturated heterocycles. The molecule has 3 aliphatic rings. The summed E-state index contributed by atoms with van der Waals surface area (Å²) in [5, 5.41) is 13.7. The van der Waals surface area contributed by atoms with Crippen LogP contribution in [0.4, 0.5) is 10.2 Å². The van der Waals surface area contributed by atoms with Crippen molar-refractivity contribution in [2.75, 3.05) is 45.3 Å². The van der Waals surface area contributed by atoms with Crippen molar-refractivity contribution in [3.05, 3.63) is 52.2 Å². The van der Waals surface area contributed by atoms with E-state index in [-0.39, 0.29) is 12.0 Å². The SMILES string of the molecule is COc1cc(CCCCC(F)C2CCN(C(C(=O)O)c3cc(C)ccc3CO[C@H]3CCOC3)C2)nc2c1CCCN2. The zero-order chi connectivity index (χ0) is 28.8. The van der Waals surface area contributed by atoms with Gasteiger partial charge in [0.15, 0.2) is 0 Å². The van der Waals surface area contributed by atoms with Gasteiger partial charge in [0.1, 0.15) is 23.8 Å². The molecule has 4 atom stereocenters. The quantitative estimate of drug-likeness (QED) is 0.316. The molecule has 5 rings (SSSR count). The fourth-order valence-corrected chi connectivity index (χ4v) is 6.43. The summed E-state index contributed by atoms with van der Waals surface area (Å²) in [5.74, 6) is 0.738. The van der Waals surface area contributed by atoms with Crippen molar-refractivity contribution in [2.24, 2.45) is 5.92 Å². The number of carbonyl (C=O) groups is 1. The van der Waals surface area contributed by atoms with E-state index in [0.29, 0.717) is 45.8 Å². The zero-order valence-corrected chi connectivity index (χ0v) is 24.4. The number of methoxy groups -OCH3 is 1. The highest BCUT2D eigenvalue weighted by Gasteiger charge is 2.37. The first kappa shape index (κ1) is 29.7. The first-order valence-electron chi connectivity index (χ1n) is 15.1. The van der Waals surface area contributed by atoms with Crippen LogP contribution < -0.4 is 10.1 Å². The summed E-state index contributed by atoms with van der Waals surface area (Å²) in [7, 11) is 1.70. The van der Waals surface area contributed by atoms with E-state index < -0.39 is 18.2 Å². The van der Waals surface area contributed by atoms with Gasteiger partial charge >= 0.3 is 5.97 Å². The van der Waals surface area contributed by atoms with Crippen molar-refractivity contribution >= 4 is 11.8 Å². The van der Waals surface area contributed by atoms with Crippen LogP contribution >= 0.6 is 0 Å². The molecule has 4 heterocycles. The third kappa shape index (κ3) is 7.37. The Kier molecular flexibility index (Phi) is 10.1. The van der Waals surface area contributed by atoms with Gasteiger partial charge in [-0.25, -0.2) is 9.37 Å². The monoisotopic (exact) mass is 569 g/mol. The topological polar surface area (TPSA) is 93.2 Å². The van der Waals surface area contributed by atoms with Gasteiger partial charge < -0.3 is 24.6 Å². The largest absolute Gasteiger partial charge is 0.496 e. The predicted molar refractivity (Wildman–Crippen MR) is 155 cm³/mol. The van der Waals surface area contributed by atoms with E-state index in [1.165, 1.54) is 0 Å². The molecule has 3 aliphatic heterocycles. The number of ether oxygens (including phenoxy) is 3. The highest BCUT2D eigenvalue weighted by molar-refractivity contribution is 5.76. The number of halogens is 1. The maximum Gasteiger partial charge on any atom is 0.325 e. The maximum atomic E-state index is 15.4. The number of carboxylic acids is 1. The molecule has 1 aromatic carbocycles. The predicted octanol–water partition coefficient (Wildman–Crippen LogP) is 5.26. The fraction of sp³-hybridized carbons (Fsp3) is 0.625. The van der Waals surface area contributed by atoms with E-state index in [9.17, 15) is 9.90 Å². The number of unbranched alkanes of at least 4 members (excludes halogenated alkanes) is 1. The van der Waals surface area contributed by atoms with Gasteiger partial charge in [-0.2, -0.15) is 0 Å². The van der Waals surface area contributed by atoms with Crippen LogP contribution in [0.15, 0.2) is 24.3 Å². The maximum absolute atomic E-state index is 15.4. The molecule has 9 heteroatoms. The number of fused-ring (bicyclic) bond motifs is 1. The Bertz CT molecular complexity index is 1170. The number of aromatic nitrogens is 1. The molecule has 2 aromatic rings. The van der Waals surface area contributed by atoms with Crippen molar-refractivity contribution in [1.82, 2.24) is 9.88 Å². The minimum absolute atomic E-state index is 0.0395. The number of hydrogen-bond donors (Lipinski definition) is 2. The standard InChI is InChI=1S/C32H44FN3O5/c1-21-9-10-23(19-41-25-12-15-40-20-25)27(16-21)30(32(37)38)36-14-11-22(18-36)28(33)8-4-3-6-24-17-29(39-2)26-7-5-13-34-31(26)35-24/h9-10,16-17,22,25,28,30H,3-8,11-15,18-20H2,1-2H3,(H,34,35)(H,37,38)/t22?,25-,28?,30?/m0/s1. The third-order valence-electron chi connectivity index (χ3n) is 8.74. The van der Waals surface area contributed by atoms with Crippen LogP contribution in [-0.4, -0.2) is 73.2 Å². The Labute approximate surface area is 242 Å². The lowest BCUT2D eigenvalue weighted by Crippen LogP contribution is -2.34. The molecule has 0 aliphatic carbocycles. The molecule has 224 valence electrons. The normalized spacial score (nSPS) is 22.2. The van der Waals surface area contributed by atoms with Crippen LogP contribution in [0.1, 0.15) is 72.5 Å². The highest BCUT2D eigenvalue weighted by atomic mass is 19.1. The number of likely N-dealkylation sites (tertiary alicyclic amines) is 1.